The summed E-state index contributed by atoms with van der Waals surface area (Å²) in [6.07, 6.45) is 3.58. The summed E-state index contributed by atoms with van der Waals surface area (Å²) in [5.41, 5.74) is 2.67. The lowest BCUT2D eigenvalue weighted by Gasteiger charge is -2.24. The molecule has 1 aliphatic rings. The number of carbonyl (C=O) groups is 2. The first-order chi connectivity index (χ1) is 15.5. The van der Waals surface area contributed by atoms with Gasteiger partial charge < -0.3 is 15.0 Å². The van der Waals surface area contributed by atoms with Gasteiger partial charge in [-0.1, -0.05) is 30.3 Å². The number of hydrogen-bond donors (Lipinski definition) is 1. The number of ether oxygens (including phenoxy) is 1. The smallest absolute Gasteiger partial charge is 0.259 e. The monoisotopic (exact) mass is 430 g/mol. The van der Waals surface area contributed by atoms with E-state index in [9.17, 15) is 9.59 Å². The molecule has 2 heterocycles. The van der Waals surface area contributed by atoms with Gasteiger partial charge in [-0.3, -0.25) is 9.59 Å². The van der Waals surface area contributed by atoms with E-state index in [1.54, 1.807) is 20.2 Å². The van der Waals surface area contributed by atoms with E-state index in [4.69, 9.17) is 4.74 Å². The summed E-state index contributed by atoms with van der Waals surface area (Å²) < 4.78 is 5.18. The van der Waals surface area contributed by atoms with Crippen molar-refractivity contribution in [1.29, 1.82) is 0 Å². The number of aryl methyl sites for hydroxylation is 1. The predicted molar refractivity (Wildman–Crippen MR) is 122 cm³/mol. The zero-order chi connectivity index (χ0) is 22.5. The maximum atomic E-state index is 13.0. The van der Waals surface area contributed by atoms with E-state index in [0.29, 0.717) is 35.7 Å². The number of carbonyl (C=O) groups excluding carboxylic acids is 2. The van der Waals surface area contributed by atoms with Gasteiger partial charge in [-0.2, -0.15) is 0 Å². The zero-order valence-electron chi connectivity index (χ0n) is 18.2. The molecular formula is C25H26N4O3. The van der Waals surface area contributed by atoms with Crippen LogP contribution < -0.4 is 10.1 Å². The average molecular weight is 431 g/mol. The fourth-order valence-electron chi connectivity index (χ4n) is 3.94. The third kappa shape index (κ3) is 4.77. The lowest BCUT2D eigenvalue weighted by atomic mass is 10.1. The van der Waals surface area contributed by atoms with Gasteiger partial charge in [-0.05, 0) is 49.6 Å². The first kappa shape index (κ1) is 21.5. The van der Waals surface area contributed by atoms with Gasteiger partial charge >= 0.3 is 0 Å². The molecule has 1 N–H and O–H groups in total. The molecule has 0 unspecified atom stereocenters. The lowest BCUT2D eigenvalue weighted by molar-refractivity contribution is -0.131. The van der Waals surface area contributed by atoms with Crippen molar-refractivity contribution in [1.82, 2.24) is 14.9 Å². The molecule has 1 atom stereocenters. The van der Waals surface area contributed by atoms with Crippen molar-refractivity contribution in [2.45, 2.75) is 32.2 Å². The Labute approximate surface area is 187 Å². The van der Waals surface area contributed by atoms with E-state index in [1.165, 1.54) is 0 Å². The highest BCUT2D eigenvalue weighted by Crippen LogP contribution is 2.31. The molecule has 1 aliphatic heterocycles. The number of anilines is 1. The molecule has 0 aliphatic carbocycles. The molecule has 0 bridgehead atoms. The molecule has 2 amide bonds. The van der Waals surface area contributed by atoms with Crippen LogP contribution in [0, 0.1) is 6.92 Å². The number of para-hydroxylation sites is 1. The highest BCUT2D eigenvalue weighted by molar-refractivity contribution is 6.04. The van der Waals surface area contributed by atoms with Crippen molar-refractivity contribution in [3.63, 3.8) is 0 Å². The Morgan fingerprint density at radius 2 is 1.88 bits per heavy atom. The van der Waals surface area contributed by atoms with Gasteiger partial charge in [0.2, 0.25) is 5.91 Å². The summed E-state index contributed by atoms with van der Waals surface area (Å²) >= 11 is 0. The summed E-state index contributed by atoms with van der Waals surface area (Å²) in [6.45, 7) is 2.47. The molecule has 1 aromatic heterocycles. The van der Waals surface area contributed by atoms with Crippen LogP contribution in [0.3, 0.4) is 0 Å². The largest absolute Gasteiger partial charge is 0.497 e. The second-order valence-electron chi connectivity index (χ2n) is 7.82. The first-order valence-electron chi connectivity index (χ1n) is 10.7. The van der Waals surface area contributed by atoms with Crippen molar-refractivity contribution in [2.24, 2.45) is 0 Å². The fourth-order valence-corrected chi connectivity index (χ4v) is 3.94. The Kier molecular flexibility index (Phi) is 6.44. The minimum atomic E-state index is -0.251. The molecule has 1 saturated heterocycles. The number of hydrogen-bond acceptors (Lipinski definition) is 5. The van der Waals surface area contributed by atoms with Gasteiger partial charge in [-0.25, -0.2) is 9.97 Å². The van der Waals surface area contributed by atoms with E-state index in [1.807, 2.05) is 59.5 Å². The first-order valence-corrected chi connectivity index (χ1v) is 10.7. The second-order valence-corrected chi connectivity index (χ2v) is 7.82. The number of aromatic nitrogens is 2. The number of likely N-dealkylation sites (tertiary alicyclic amines) is 1. The van der Waals surface area contributed by atoms with Crippen molar-refractivity contribution < 1.29 is 14.3 Å². The van der Waals surface area contributed by atoms with Gasteiger partial charge in [0.1, 0.15) is 5.75 Å². The number of methoxy groups -OCH3 is 1. The third-order valence-electron chi connectivity index (χ3n) is 5.66. The van der Waals surface area contributed by atoms with Crippen LogP contribution in [0.5, 0.6) is 5.75 Å². The van der Waals surface area contributed by atoms with Crippen molar-refractivity contribution in [3.8, 4) is 5.75 Å². The van der Waals surface area contributed by atoms with E-state index in [-0.39, 0.29) is 17.9 Å². The number of nitrogens with one attached hydrogen (secondary N) is 1. The molecule has 1 fully saturated rings. The van der Waals surface area contributed by atoms with E-state index in [2.05, 4.69) is 15.3 Å². The van der Waals surface area contributed by atoms with Crippen LogP contribution in [-0.2, 0) is 11.2 Å². The lowest BCUT2D eigenvalue weighted by Crippen LogP contribution is -2.33. The molecule has 0 saturated carbocycles. The van der Waals surface area contributed by atoms with E-state index >= 15 is 0 Å². The van der Waals surface area contributed by atoms with Crippen molar-refractivity contribution in [2.75, 3.05) is 19.0 Å². The highest BCUT2D eigenvalue weighted by atomic mass is 16.5. The van der Waals surface area contributed by atoms with Crippen LogP contribution in [0.1, 0.15) is 46.3 Å². The Morgan fingerprint density at radius 1 is 1.12 bits per heavy atom. The fraction of sp³-hybridized carbons (Fsp3) is 0.280. The van der Waals surface area contributed by atoms with Crippen LogP contribution in [0.2, 0.25) is 0 Å². The quantitative estimate of drug-likeness (QED) is 0.640. The van der Waals surface area contributed by atoms with E-state index < -0.39 is 0 Å². The Bertz CT molecular complexity index is 1100. The van der Waals surface area contributed by atoms with Crippen LogP contribution in [0.15, 0.2) is 60.8 Å². The summed E-state index contributed by atoms with van der Waals surface area (Å²) in [6, 6.07) is 16.6. The number of amides is 2. The maximum absolute atomic E-state index is 13.0. The van der Waals surface area contributed by atoms with Crippen LogP contribution in [0.25, 0.3) is 0 Å². The van der Waals surface area contributed by atoms with Crippen molar-refractivity contribution in [3.05, 3.63) is 83.4 Å². The summed E-state index contributed by atoms with van der Waals surface area (Å²) in [5.74, 6) is 1.14. The second kappa shape index (κ2) is 9.60. The van der Waals surface area contributed by atoms with Gasteiger partial charge in [0.15, 0.2) is 5.82 Å². The Balaban J connectivity index is 1.46. The van der Waals surface area contributed by atoms with Crippen LogP contribution >= 0.6 is 0 Å². The van der Waals surface area contributed by atoms with Gasteiger partial charge in [-0.15, -0.1) is 0 Å². The van der Waals surface area contributed by atoms with E-state index in [0.717, 1.165) is 24.2 Å². The number of nitrogens with zero attached hydrogens (tertiary/aromatic N) is 3. The molecule has 2 aromatic carbocycles. The average Bonchev–Trinajstić information content (AvgIpc) is 3.30. The molecule has 32 heavy (non-hydrogen) atoms. The molecular weight excluding hydrogens is 404 g/mol. The Morgan fingerprint density at radius 3 is 2.56 bits per heavy atom. The summed E-state index contributed by atoms with van der Waals surface area (Å²) in [7, 11) is 1.62. The molecule has 3 aromatic rings. The van der Waals surface area contributed by atoms with Gasteiger partial charge in [0.25, 0.3) is 5.91 Å². The van der Waals surface area contributed by atoms with Crippen molar-refractivity contribution >= 4 is 17.5 Å². The molecule has 4 rings (SSSR count). The third-order valence-corrected chi connectivity index (χ3v) is 5.66. The standard InChI is InChI=1S/C25H26N4O3/c1-17-21(25(31)28-19-7-4-3-5-8-19)16-26-24(27-17)22-9-6-14-29(22)23(30)15-18-10-12-20(32-2)13-11-18/h3-5,7-8,10-13,16,22H,6,9,14-15H2,1-2H3,(H,28,31)/t22-/m0/s1. The van der Waals surface area contributed by atoms with Gasteiger partial charge in [0, 0.05) is 18.4 Å². The number of benzene rings is 2. The van der Waals surface area contributed by atoms with Gasteiger partial charge in [0.05, 0.1) is 30.8 Å². The number of rotatable bonds is 6. The SMILES string of the molecule is COc1ccc(CC(=O)N2CCC[C@H]2c2ncc(C(=O)Nc3ccccc3)c(C)n2)cc1. The topological polar surface area (TPSA) is 84.4 Å². The molecule has 0 radical (unpaired) electrons. The van der Waals surface area contributed by atoms with Crippen LogP contribution in [-0.4, -0.2) is 40.3 Å². The highest BCUT2D eigenvalue weighted by Gasteiger charge is 2.32. The summed E-state index contributed by atoms with van der Waals surface area (Å²) in [4.78, 5) is 36.5. The normalized spacial score (nSPS) is 15.4. The Hall–Kier alpha value is -3.74. The predicted octanol–water partition coefficient (Wildman–Crippen LogP) is 3.95. The minimum absolute atomic E-state index is 0.0461. The molecule has 0 spiro atoms. The zero-order valence-corrected chi connectivity index (χ0v) is 18.2. The molecule has 7 nitrogen and oxygen atoms in total. The molecule has 7 heteroatoms. The molecule has 164 valence electrons. The summed E-state index contributed by atoms with van der Waals surface area (Å²) in [5, 5.41) is 2.86. The van der Waals surface area contributed by atoms with Crippen LogP contribution in [0.4, 0.5) is 5.69 Å². The maximum Gasteiger partial charge on any atom is 0.259 e. The minimum Gasteiger partial charge on any atom is -0.497 e.